The number of ether oxygens (including phenoxy) is 2. The molecule has 2 aliphatic rings. The van der Waals surface area contributed by atoms with Crippen LogP contribution in [0.4, 0.5) is 0 Å². The Bertz CT molecular complexity index is 1700. The van der Waals surface area contributed by atoms with Crippen LogP contribution in [0.25, 0.3) is 33.6 Å². The van der Waals surface area contributed by atoms with E-state index < -0.39 is 0 Å². The maximum Gasteiger partial charge on any atom is 0.237 e. The number of nitrogens with two attached hydrogens (primary N) is 1. The molecular weight excluding hydrogens is 589 g/mol. The molecule has 2 saturated heterocycles. The predicted octanol–water partition coefficient (Wildman–Crippen LogP) is 4.71. The van der Waals surface area contributed by atoms with Gasteiger partial charge in [-0.05, 0) is 0 Å². The standard InChI is InChI=1S/C31H31Cl2N7O3/c1-18(41)40-16-31(17-40)14-39(15-31)13-26-30(43-3)38-25(12-36-26)22-9-5-7-20(28(22)33)19-6-4-8-21(27(19)32)24-11-35-23(10-34)29(37-24)42-2/h4-9,11-12H,10,13-17,34H2,1-3H3. The van der Waals surface area contributed by atoms with E-state index in [0.29, 0.717) is 56.6 Å². The predicted molar refractivity (Wildman–Crippen MR) is 165 cm³/mol. The van der Waals surface area contributed by atoms with Gasteiger partial charge in [0.05, 0.1) is 48.0 Å². The van der Waals surface area contributed by atoms with E-state index in [-0.39, 0.29) is 17.9 Å². The molecule has 1 amide bonds. The molecule has 2 fully saturated rings. The number of methoxy groups -OCH3 is 2. The molecule has 0 saturated carbocycles. The second-order valence-corrected chi connectivity index (χ2v) is 11.7. The van der Waals surface area contributed by atoms with Gasteiger partial charge < -0.3 is 20.1 Å². The van der Waals surface area contributed by atoms with Crippen LogP contribution in [0, 0.1) is 5.41 Å². The van der Waals surface area contributed by atoms with Gasteiger partial charge >= 0.3 is 0 Å². The summed E-state index contributed by atoms with van der Waals surface area (Å²) < 4.78 is 11.0. The Morgan fingerprint density at radius 3 is 1.81 bits per heavy atom. The lowest BCUT2D eigenvalue weighted by Gasteiger charge is -2.60. The Morgan fingerprint density at radius 1 is 0.837 bits per heavy atom. The van der Waals surface area contributed by atoms with Gasteiger partial charge in [0.2, 0.25) is 17.7 Å². The van der Waals surface area contributed by atoms with Gasteiger partial charge in [-0.15, -0.1) is 0 Å². The number of rotatable bonds is 8. The van der Waals surface area contributed by atoms with Crippen LogP contribution < -0.4 is 15.2 Å². The molecule has 4 heterocycles. The molecule has 6 rings (SSSR count). The van der Waals surface area contributed by atoms with Gasteiger partial charge in [0.1, 0.15) is 11.4 Å². The van der Waals surface area contributed by atoms with E-state index >= 15 is 0 Å². The van der Waals surface area contributed by atoms with E-state index in [9.17, 15) is 4.79 Å². The smallest absolute Gasteiger partial charge is 0.237 e. The molecule has 2 N–H and O–H groups in total. The van der Waals surface area contributed by atoms with Crippen LogP contribution in [0.1, 0.15) is 18.3 Å². The van der Waals surface area contributed by atoms with Crippen molar-refractivity contribution in [1.82, 2.24) is 29.7 Å². The minimum absolute atomic E-state index is 0.137. The highest BCUT2D eigenvalue weighted by atomic mass is 35.5. The lowest BCUT2D eigenvalue weighted by Crippen LogP contribution is -2.72. The summed E-state index contributed by atoms with van der Waals surface area (Å²) in [5.74, 6) is 0.943. The molecule has 2 aromatic carbocycles. The zero-order valence-corrected chi connectivity index (χ0v) is 25.6. The Labute approximate surface area is 259 Å². The molecule has 10 nitrogen and oxygen atoms in total. The first-order valence-corrected chi connectivity index (χ1v) is 14.6. The van der Waals surface area contributed by atoms with Crippen LogP contribution in [-0.2, 0) is 17.9 Å². The number of carbonyl (C=O) groups is 1. The summed E-state index contributed by atoms with van der Waals surface area (Å²) in [5, 5.41) is 0.958. The maximum absolute atomic E-state index is 11.6. The number of likely N-dealkylation sites (tertiary alicyclic amines) is 2. The van der Waals surface area contributed by atoms with Crippen LogP contribution in [-0.4, -0.2) is 76.0 Å². The number of nitrogens with zero attached hydrogens (tertiary/aromatic N) is 6. The second kappa shape index (κ2) is 11.7. The lowest BCUT2D eigenvalue weighted by atomic mass is 9.73. The topological polar surface area (TPSA) is 120 Å². The van der Waals surface area contributed by atoms with Gasteiger partial charge in [-0.2, -0.15) is 0 Å². The fourth-order valence-electron chi connectivity index (χ4n) is 5.92. The fraction of sp³-hybridized carbons (Fsp3) is 0.323. The maximum atomic E-state index is 11.6. The number of benzene rings is 2. The van der Waals surface area contributed by atoms with Gasteiger partial charge in [-0.1, -0.05) is 59.6 Å². The van der Waals surface area contributed by atoms with E-state index in [1.165, 1.54) is 7.11 Å². The minimum Gasteiger partial charge on any atom is -0.480 e. The molecule has 0 radical (unpaired) electrons. The lowest BCUT2D eigenvalue weighted by molar-refractivity contribution is -0.157. The van der Waals surface area contributed by atoms with Crippen LogP contribution in [0.5, 0.6) is 11.8 Å². The van der Waals surface area contributed by atoms with E-state index in [4.69, 9.17) is 48.4 Å². The number of hydrogen-bond acceptors (Lipinski definition) is 9. The molecule has 0 bridgehead atoms. The van der Waals surface area contributed by atoms with E-state index in [0.717, 1.165) is 43.0 Å². The first-order valence-electron chi connectivity index (χ1n) is 13.8. The molecular formula is C31H31Cl2N7O3. The third-order valence-electron chi connectivity index (χ3n) is 8.03. The van der Waals surface area contributed by atoms with Crippen LogP contribution >= 0.6 is 23.2 Å². The molecule has 2 aromatic heterocycles. The number of carbonyl (C=O) groups excluding carboxylic acids is 1. The Hall–Kier alpha value is -3.83. The zero-order chi connectivity index (χ0) is 30.3. The van der Waals surface area contributed by atoms with Gasteiger partial charge in [0.15, 0.2) is 0 Å². The van der Waals surface area contributed by atoms with Crippen molar-refractivity contribution in [2.45, 2.75) is 20.0 Å². The van der Waals surface area contributed by atoms with Gasteiger partial charge in [0, 0.05) is 73.9 Å². The molecule has 12 heteroatoms. The number of amides is 1. The first kappa shape index (κ1) is 29.3. The monoisotopic (exact) mass is 619 g/mol. The molecule has 0 atom stereocenters. The fourth-order valence-corrected chi connectivity index (χ4v) is 6.57. The Morgan fingerprint density at radius 2 is 1.33 bits per heavy atom. The van der Waals surface area contributed by atoms with Crippen molar-refractivity contribution in [3.05, 3.63) is 70.2 Å². The third-order valence-corrected chi connectivity index (χ3v) is 8.85. The highest BCUT2D eigenvalue weighted by molar-refractivity contribution is 6.39. The Balaban J connectivity index is 1.25. The molecule has 43 heavy (non-hydrogen) atoms. The SMILES string of the molecule is COc1nc(-c2cccc(-c3cccc(-c4cnc(CN5CC6(C5)CN(C(C)=O)C6)c(OC)n4)c3Cl)c2Cl)cnc1CN. The number of aromatic nitrogens is 4. The van der Waals surface area contributed by atoms with Gasteiger partial charge in [-0.3, -0.25) is 19.7 Å². The molecule has 4 aromatic rings. The molecule has 0 unspecified atom stereocenters. The van der Waals surface area contributed by atoms with Crippen LogP contribution in [0.15, 0.2) is 48.8 Å². The highest BCUT2D eigenvalue weighted by Crippen LogP contribution is 2.43. The van der Waals surface area contributed by atoms with Crippen molar-refractivity contribution in [2.75, 3.05) is 40.4 Å². The summed E-state index contributed by atoms with van der Waals surface area (Å²) in [4.78, 5) is 34.2. The summed E-state index contributed by atoms with van der Waals surface area (Å²) in [6.45, 7) is 5.94. The van der Waals surface area contributed by atoms with E-state index in [1.54, 1.807) is 26.4 Å². The van der Waals surface area contributed by atoms with Crippen molar-refractivity contribution in [1.29, 1.82) is 0 Å². The van der Waals surface area contributed by atoms with Crippen molar-refractivity contribution >= 4 is 29.1 Å². The number of halogens is 2. The summed E-state index contributed by atoms with van der Waals surface area (Å²) in [6, 6.07) is 11.4. The average Bonchev–Trinajstić information content (AvgIpc) is 2.97. The van der Waals surface area contributed by atoms with Gasteiger partial charge in [0.25, 0.3) is 0 Å². The molecule has 222 valence electrons. The van der Waals surface area contributed by atoms with Gasteiger partial charge in [-0.25, -0.2) is 9.97 Å². The van der Waals surface area contributed by atoms with Crippen molar-refractivity contribution in [3.63, 3.8) is 0 Å². The van der Waals surface area contributed by atoms with Crippen LogP contribution in [0.3, 0.4) is 0 Å². The molecule has 2 aliphatic heterocycles. The van der Waals surface area contributed by atoms with E-state index in [1.807, 2.05) is 41.3 Å². The molecule has 0 aliphatic carbocycles. The summed E-state index contributed by atoms with van der Waals surface area (Å²) in [5.41, 5.74) is 11.3. The molecule has 1 spiro atoms. The van der Waals surface area contributed by atoms with E-state index in [2.05, 4.69) is 14.9 Å². The summed E-state index contributed by atoms with van der Waals surface area (Å²) in [7, 11) is 3.12. The average molecular weight is 621 g/mol. The second-order valence-electron chi connectivity index (χ2n) is 11.0. The van der Waals surface area contributed by atoms with Crippen molar-refractivity contribution < 1.29 is 14.3 Å². The van der Waals surface area contributed by atoms with Crippen molar-refractivity contribution in [3.8, 4) is 45.4 Å². The quantitative estimate of drug-likeness (QED) is 0.299. The first-order chi connectivity index (χ1) is 20.8. The normalized spacial score (nSPS) is 15.6. The highest BCUT2D eigenvalue weighted by Gasteiger charge is 2.52. The van der Waals surface area contributed by atoms with Crippen molar-refractivity contribution in [2.24, 2.45) is 11.1 Å². The number of hydrogen-bond donors (Lipinski definition) is 1. The minimum atomic E-state index is 0.137. The zero-order valence-electron chi connectivity index (χ0n) is 24.1. The largest absolute Gasteiger partial charge is 0.480 e. The third kappa shape index (κ3) is 5.40. The summed E-state index contributed by atoms with van der Waals surface area (Å²) in [6.07, 6.45) is 3.35. The Kier molecular flexibility index (Phi) is 7.95. The van der Waals surface area contributed by atoms with Crippen LogP contribution in [0.2, 0.25) is 10.0 Å². The summed E-state index contributed by atoms with van der Waals surface area (Å²) >= 11 is 14.0.